The summed E-state index contributed by atoms with van der Waals surface area (Å²) in [6, 6.07) is 14.0. The monoisotopic (exact) mass is 326 g/mol. The van der Waals surface area contributed by atoms with Crippen LogP contribution >= 0.6 is 0 Å². The van der Waals surface area contributed by atoms with E-state index in [1.807, 2.05) is 30.3 Å². The van der Waals surface area contributed by atoms with Crippen LogP contribution in [0, 0.1) is 5.82 Å². The fourth-order valence-electron chi connectivity index (χ4n) is 3.40. The van der Waals surface area contributed by atoms with Crippen molar-refractivity contribution in [1.82, 2.24) is 10.2 Å². The van der Waals surface area contributed by atoms with Crippen LogP contribution in [0.4, 0.5) is 4.39 Å². The number of hydrogen-bond acceptors (Lipinski definition) is 3. The summed E-state index contributed by atoms with van der Waals surface area (Å²) < 4.78 is 19.1. The van der Waals surface area contributed by atoms with Crippen molar-refractivity contribution in [1.29, 1.82) is 0 Å². The summed E-state index contributed by atoms with van der Waals surface area (Å²) in [6.45, 7) is 2.42. The van der Waals surface area contributed by atoms with Gasteiger partial charge in [-0.05, 0) is 29.8 Å². The molecule has 5 heteroatoms. The third-order valence-corrected chi connectivity index (χ3v) is 4.76. The summed E-state index contributed by atoms with van der Waals surface area (Å²) in [4.78, 5) is 14.6. The summed E-state index contributed by atoms with van der Waals surface area (Å²) in [6.07, 6.45) is 1.46. The second-order valence-corrected chi connectivity index (χ2v) is 6.45. The van der Waals surface area contributed by atoms with E-state index in [4.69, 9.17) is 4.74 Å². The highest BCUT2D eigenvalue weighted by molar-refractivity contribution is 5.98. The van der Waals surface area contributed by atoms with E-state index in [2.05, 4.69) is 10.2 Å². The van der Waals surface area contributed by atoms with Gasteiger partial charge in [-0.15, -0.1) is 0 Å². The van der Waals surface area contributed by atoms with E-state index in [0.717, 1.165) is 38.0 Å². The lowest BCUT2D eigenvalue weighted by molar-refractivity contribution is -0.0304. The van der Waals surface area contributed by atoms with Gasteiger partial charge in [0.2, 0.25) is 0 Å². The maximum absolute atomic E-state index is 13.0. The molecule has 2 heterocycles. The average Bonchev–Trinajstić information content (AvgIpc) is 2.59. The number of carbonyl (C=O) groups is 1. The van der Waals surface area contributed by atoms with Gasteiger partial charge in [0.05, 0.1) is 5.56 Å². The predicted octanol–water partition coefficient (Wildman–Crippen LogP) is 2.94. The predicted molar refractivity (Wildman–Crippen MR) is 88.2 cm³/mol. The highest BCUT2D eigenvalue weighted by Crippen LogP contribution is 2.33. The minimum atomic E-state index is -0.606. The highest BCUT2D eigenvalue weighted by Gasteiger charge is 2.42. The van der Waals surface area contributed by atoms with Gasteiger partial charge >= 0.3 is 0 Å². The number of benzene rings is 2. The molecule has 1 saturated heterocycles. The first-order chi connectivity index (χ1) is 11.6. The van der Waals surface area contributed by atoms with E-state index in [9.17, 15) is 9.18 Å². The van der Waals surface area contributed by atoms with E-state index in [-0.39, 0.29) is 11.7 Å². The standard InChI is InChI=1S/C19H19FN2O2/c20-15-7-5-14(6-8-15)13-22-11-9-19(10-12-22)21-18(23)16-3-1-2-4-17(16)24-19/h1-8H,9-13H2,(H,21,23). The first-order valence-corrected chi connectivity index (χ1v) is 8.21. The third kappa shape index (κ3) is 2.87. The summed E-state index contributed by atoms with van der Waals surface area (Å²) in [5.41, 5.74) is 1.08. The Hall–Kier alpha value is -2.40. The van der Waals surface area contributed by atoms with Gasteiger partial charge in [0, 0.05) is 32.5 Å². The molecule has 0 aromatic heterocycles. The van der Waals surface area contributed by atoms with Crippen molar-refractivity contribution in [3.8, 4) is 5.75 Å². The number of ether oxygens (including phenoxy) is 1. The van der Waals surface area contributed by atoms with Crippen molar-refractivity contribution in [2.24, 2.45) is 0 Å². The van der Waals surface area contributed by atoms with Crippen molar-refractivity contribution >= 4 is 5.91 Å². The Morgan fingerprint density at radius 2 is 1.79 bits per heavy atom. The molecular weight excluding hydrogens is 307 g/mol. The molecule has 0 radical (unpaired) electrons. The number of hydrogen-bond donors (Lipinski definition) is 1. The van der Waals surface area contributed by atoms with Crippen molar-refractivity contribution in [2.75, 3.05) is 13.1 Å². The number of carbonyl (C=O) groups excluding carboxylic acids is 1. The second kappa shape index (κ2) is 5.91. The fraction of sp³-hybridized carbons (Fsp3) is 0.316. The van der Waals surface area contributed by atoms with Crippen LogP contribution in [0.3, 0.4) is 0 Å². The highest BCUT2D eigenvalue weighted by atomic mass is 19.1. The largest absolute Gasteiger partial charge is 0.467 e. The molecule has 0 aliphatic carbocycles. The molecule has 1 amide bonds. The number of halogens is 1. The van der Waals surface area contributed by atoms with Gasteiger partial charge < -0.3 is 10.1 Å². The number of nitrogens with one attached hydrogen (secondary N) is 1. The lowest BCUT2D eigenvalue weighted by Gasteiger charge is -2.44. The summed E-state index contributed by atoms with van der Waals surface area (Å²) in [5, 5.41) is 3.04. The van der Waals surface area contributed by atoms with Crippen LogP contribution in [0.5, 0.6) is 5.75 Å². The maximum Gasteiger partial charge on any atom is 0.258 e. The lowest BCUT2D eigenvalue weighted by Crippen LogP contribution is -2.60. The van der Waals surface area contributed by atoms with Gasteiger partial charge in [0.25, 0.3) is 5.91 Å². The summed E-state index contributed by atoms with van der Waals surface area (Å²) in [7, 11) is 0. The van der Waals surface area contributed by atoms with Crippen molar-refractivity contribution in [2.45, 2.75) is 25.1 Å². The molecule has 2 aromatic carbocycles. The Bertz CT molecular complexity index is 752. The average molecular weight is 326 g/mol. The Balaban J connectivity index is 1.43. The molecule has 0 unspecified atom stereocenters. The molecule has 1 fully saturated rings. The van der Waals surface area contributed by atoms with Crippen molar-refractivity contribution < 1.29 is 13.9 Å². The maximum atomic E-state index is 13.0. The number of piperidine rings is 1. The lowest BCUT2D eigenvalue weighted by atomic mass is 9.96. The quantitative estimate of drug-likeness (QED) is 0.922. The molecule has 0 atom stereocenters. The minimum absolute atomic E-state index is 0.0659. The molecule has 2 aromatic rings. The van der Waals surface area contributed by atoms with Crippen LogP contribution in [0.1, 0.15) is 28.8 Å². The number of likely N-dealkylation sites (tertiary alicyclic amines) is 1. The Morgan fingerprint density at radius 1 is 1.08 bits per heavy atom. The normalized spacial score (nSPS) is 19.5. The molecule has 1 N–H and O–H groups in total. The van der Waals surface area contributed by atoms with Gasteiger partial charge in [-0.1, -0.05) is 24.3 Å². The van der Waals surface area contributed by atoms with Crippen LogP contribution in [-0.4, -0.2) is 29.6 Å². The van der Waals surface area contributed by atoms with Gasteiger partial charge in [0.1, 0.15) is 11.6 Å². The Morgan fingerprint density at radius 3 is 2.54 bits per heavy atom. The Labute approximate surface area is 140 Å². The van der Waals surface area contributed by atoms with E-state index >= 15 is 0 Å². The number of nitrogens with zero attached hydrogens (tertiary/aromatic N) is 1. The van der Waals surface area contributed by atoms with Crippen molar-refractivity contribution in [3.63, 3.8) is 0 Å². The first-order valence-electron chi connectivity index (χ1n) is 8.21. The Kier molecular flexibility index (Phi) is 3.73. The van der Waals surface area contributed by atoms with Crippen molar-refractivity contribution in [3.05, 3.63) is 65.5 Å². The topological polar surface area (TPSA) is 41.6 Å². The van der Waals surface area contributed by atoms with Gasteiger partial charge in [-0.2, -0.15) is 0 Å². The number of amides is 1. The molecule has 24 heavy (non-hydrogen) atoms. The molecule has 0 saturated carbocycles. The zero-order valence-corrected chi connectivity index (χ0v) is 13.3. The fourth-order valence-corrected chi connectivity index (χ4v) is 3.40. The SMILES string of the molecule is O=C1NC2(CCN(Cc3ccc(F)cc3)CC2)Oc2ccccc21. The van der Waals surface area contributed by atoms with E-state index in [1.54, 1.807) is 6.07 Å². The molecule has 4 nitrogen and oxygen atoms in total. The zero-order chi connectivity index (χ0) is 16.6. The van der Waals surface area contributed by atoms with Crippen LogP contribution in [0.15, 0.2) is 48.5 Å². The van der Waals surface area contributed by atoms with E-state index in [0.29, 0.717) is 11.3 Å². The third-order valence-electron chi connectivity index (χ3n) is 4.76. The summed E-state index contributed by atoms with van der Waals surface area (Å²) >= 11 is 0. The minimum Gasteiger partial charge on any atom is -0.467 e. The van der Waals surface area contributed by atoms with Crippen LogP contribution in [0.2, 0.25) is 0 Å². The molecular formula is C19H19FN2O2. The van der Waals surface area contributed by atoms with Crippen LogP contribution in [0.25, 0.3) is 0 Å². The van der Waals surface area contributed by atoms with E-state index in [1.165, 1.54) is 12.1 Å². The molecule has 0 bridgehead atoms. The van der Waals surface area contributed by atoms with Gasteiger partial charge in [-0.25, -0.2) is 4.39 Å². The molecule has 4 rings (SSSR count). The summed E-state index contributed by atoms with van der Waals surface area (Å²) in [5.74, 6) is 0.380. The van der Waals surface area contributed by atoms with E-state index < -0.39 is 5.72 Å². The van der Waals surface area contributed by atoms with Gasteiger partial charge in [0.15, 0.2) is 5.72 Å². The zero-order valence-electron chi connectivity index (χ0n) is 13.3. The molecule has 1 spiro atoms. The number of para-hydroxylation sites is 1. The van der Waals surface area contributed by atoms with Crippen LogP contribution < -0.4 is 10.1 Å². The number of fused-ring (bicyclic) bond motifs is 1. The second-order valence-electron chi connectivity index (χ2n) is 6.45. The molecule has 124 valence electrons. The molecule has 2 aliphatic heterocycles. The number of rotatable bonds is 2. The van der Waals surface area contributed by atoms with Crippen LogP contribution in [-0.2, 0) is 6.54 Å². The first kappa shape index (κ1) is 15.1. The molecule has 2 aliphatic rings. The smallest absolute Gasteiger partial charge is 0.258 e. The van der Waals surface area contributed by atoms with Gasteiger partial charge in [-0.3, -0.25) is 9.69 Å².